The molecule has 1 N–H and O–H groups in total. The number of benzene rings is 2. The Hall–Kier alpha value is -3.64. The lowest BCUT2D eigenvalue weighted by Crippen LogP contribution is -2.43. The van der Waals surface area contributed by atoms with Crippen molar-refractivity contribution in [3.63, 3.8) is 0 Å². The molecule has 1 aliphatic heterocycles. The molecule has 2 heterocycles. The normalized spacial score (nSPS) is 16.0. The molecule has 1 aliphatic carbocycles. The Balaban J connectivity index is 1.51. The third kappa shape index (κ3) is 11.2. The molecule has 0 bridgehead atoms. The Labute approximate surface area is 306 Å². The smallest absolute Gasteiger partial charge is 0.489 e. The van der Waals surface area contributed by atoms with Crippen LogP contribution >= 0.6 is 23.2 Å². The third-order valence-electron chi connectivity index (χ3n) is 8.17. The Morgan fingerprint density at radius 2 is 1.71 bits per heavy atom. The highest BCUT2D eigenvalue weighted by atomic mass is 35.5. The van der Waals surface area contributed by atoms with Gasteiger partial charge in [0.15, 0.2) is 29.6 Å². The SMILES string of the molecule is CS(=O)(=O)N(CCN1CCOCC1)c1cc(C(=O)O[C@@H](Cc2c(Cl)c[nH+]cc2Cl)c2ccc(OC(F)F)c(OCC3CC3)c2)ccc1OC(F)(F)F. The second kappa shape index (κ2) is 17.0. The van der Waals surface area contributed by atoms with Crippen LogP contribution in [0.1, 0.15) is 40.4 Å². The van der Waals surface area contributed by atoms with Crippen LogP contribution in [-0.4, -0.2) is 84.5 Å². The number of rotatable bonds is 16. The van der Waals surface area contributed by atoms with Gasteiger partial charge in [0.25, 0.3) is 0 Å². The number of morpholine rings is 1. The summed E-state index contributed by atoms with van der Waals surface area (Å²) in [7, 11) is -4.22. The van der Waals surface area contributed by atoms with Gasteiger partial charge in [-0.1, -0.05) is 29.3 Å². The predicted octanol–water partition coefficient (Wildman–Crippen LogP) is 6.34. The fraction of sp³-hybridized carbons (Fsp3) is 0.455. The van der Waals surface area contributed by atoms with E-state index in [2.05, 4.69) is 14.5 Å². The molecule has 19 heteroatoms. The van der Waals surface area contributed by atoms with Crippen molar-refractivity contribution in [3.05, 3.63) is 75.5 Å². The topological polar surface area (TPSA) is 118 Å². The lowest BCUT2D eigenvalue weighted by atomic mass is 10.0. The number of hydrogen-bond donors (Lipinski definition) is 0. The number of ether oxygens (including phenoxy) is 5. The molecule has 1 saturated heterocycles. The van der Waals surface area contributed by atoms with E-state index in [0.29, 0.717) is 31.9 Å². The summed E-state index contributed by atoms with van der Waals surface area (Å²) in [4.78, 5) is 18.5. The Kier molecular flexibility index (Phi) is 12.9. The van der Waals surface area contributed by atoms with E-state index in [9.17, 15) is 35.2 Å². The average Bonchev–Trinajstić information content (AvgIpc) is 3.90. The summed E-state index contributed by atoms with van der Waals surface area (Å²) in [6.07, 6.45) is -1.05. The Bertz CT molecular complexity index is 1810. The van der Waals surface area contributed by atoms with Gasteiger partial charge in [0.05, 0.1) is 37.3 Å². The van der Waals surface area contributed by atoms with Crippen molar-refractivity contribution in [3.8, 4) is 17.2 Å². The molecular formula is C33H35Cl2F5N3O8S+. The number of pyridine rings is 1. The number of nitrogens with one attached hydrogen (secondary N) is 1. The molecule has 0 unspecified atom stereocenters. The van der Waals surface area contributed by atoms with E-state index in [-0.39, 0.29) is 64.7 Å². The molecule has 11 nitrogen and oxygen atoms in total. The first kappa shape index (κ1) is 39.6. The van der Waals surface area contributed by atoms with Crippen molar-refractivity contribution in [1.82, 2.24) is 4.90 Å². The van der Waals surface area contributed by atoms with Crippen LogP contribution in [0, 0.1) is 5.92 Å². The van der Waals surface area contributed by atoms with Crippen LogP contribution in [0.4, 0.5) is 27.6 Å². The Morgan fingerprint density at radius 1 is 1.04 bits per heavy atom. The van der Waals surface area contributed by atoms with Crippen LogP contribution in [-0.2, 0) is 25.9 Å². The number of esters is 1. The number of anilines is 1. The summed E-state index contributed by atoms with van der Waals surface area (Å²) in [6.45, 7) is -1.29. The summed E-state index contributed by atoms with van der Waals surface area (Å²) >= 11 is 12.8. The van der Waals surface area contributed by atoms with E-state index in [1.54, 1.807) is 0 Å². The first-order valence-corrected chi connectivity index (χ1v) is 18.6. The quantitative estimate of drug-likeness (QED) is 0.121. The number of hydrogen-bond acceptors (Lipinski definition) is 9. The Morgan fingerprint density at radius 3 is 2.33 bits per heavy atom. The molecule has 2 aromatic carbocycles. The van der Waals surface area contributed by atoms with Crippen LogP contribution in [0.25, 0.3) is 0 Å². The van der Waals surface area contributed by atoms with Crippen molar-refractivity contribution >= 4 is 44.9 Å². The number of aromatic nitrogens is 1. The van der Waals surface area contributed by atoms with Crippen LogP contribution in [0.2, 0.25) is 10.0 Å². The van der Waals surface area contributed by atoms with E-state index < -0.39 is 46.5 Å². The van der Waals surface area contributed by atoms with Crippen molar-refractivity contribution in [1.29, 1.82) is 0 Å². The number of halogens is 7. The van der Waals surface area contributed by atoms with Gasteiger partial charge in [-0.15, -0.1) is 13.2 Å². The number of H-pyrrole nitrogens is 1. The first-order chi connectivity index (χ1) is 24.6. The molecule has 2 fully saturated rings. The molecule has 0 radical (unpaired) electrons. The van der Waals surface area contributed by atoms with Gasteiger partial charge in [-0.05, 0) is 54.7 Å². The summed E-state index contributed by atoms with van der Waals surface area (Å²) in [5, 5.41) is 0.354. The maximum absolute atomic E-state index is 13.8. The second-order valence-electron chi connectivity index (χ2n) is 12.1. The molecule has 2 aliphatic rings. The van der Waals surface area contributed by atoms with Crippen LogP contribution in [0.3, 0.4) is 0 Å². The highest BCUT2D eigenvalue weighted by Crippen LogP contribution is 2.39. The van der Waals surface area contributed by atoms with Gasteiger partial charge < -0.3 is 23.7 Å². The molecule has 1 atom stereocenters. The van der Waals surface area contributed by atoms with E-state index in [1.807, 2.05) is 4.90 Å². The molecule has 1 aromatic heterocycles. The number of aromatic amines is 1. The molecule has 52 heavy (non-hydrogen) atoms. The maximum atomic E-state index is 13.8. The molecular weight excluding hydrogens is 764 g/mol. The minimum absolute atomic E-state index is 0.0376. The number of sulfonamides is 1. The number of nitrogens with zero attached hydrogens (tertiary/aromatic N) is 2. The largest absolute Gasteiger partial charge is 0.573 e. The minimum Gasteiger partial charge on any atom is -0.489 e. The van der Waals surface area contributed by atoms with Gasteiger partial charge in [0.2, 0.25) is 10.0 Å². The second-order valence-corrected chi connectivity index (χ2v) is 14.8. The monoisotopic (exact) mass is 798 g/mol. The number of carbonyl (C=O) groups is 1. The van der Waals surface area contributed by atoms with E-state index in [1.165, 1.54) is 30.6 Å². The van der Waals surface area contributed by atoms with Crippen LogP contribution in [0.5, 0.6) is 17.2 Å². The van der Waals surface area contributed by atoms with Gasteiger partial charge in [0, 0.05) is 38.2 Å². The maximum Gasteiger partial charge on any atom is 0.573 e. The van der Waals surface area contributed by atoms with Crippen LogP contribution in [0.15, 0.2) is 48.8 Å². The van der Waals surface area contributed by atoms with Gasteiger partial charge in [-0.3, -0.25) is 9.21 Å². The van der Waals surface area contributed by atoms with Gasteiger partial charge in [0.1, 0.15) is 16.1 Å². The summed E-state index contributed by atoms with van der Waals surface area (Å²) < 4.78 is 119. The molecule has 284 valence electrons. The van der Waals surface area contributed by atoms with Gasteiger partial charge in [-0.25, -0.2) is 18.2 Å². The van der Waals surface area contributed by atoms with Crippen molar-refractivity contribution < 1.29 is 63.8 Å². The fourth-order valence-electron chi connectivity index (χ4n) is 5.38. The lowest BCUT2D eigenvalue weighted by molar-refractivity contribution is -0.377. The van der Waals surface area contributed by atoms with E-state index in [4.69, 9.17) is 37.4 Å². The molecule has 3 aromatic rings. The van der Waals surface area contributed by atoms with E-state index in [0.717, 1.165) is 41.6 Å². The molecule has 0 spiro atoms. The zero-order valence-corrected chi connectivity index (χ0v) is 30.0. The molecule has 0 amide bonds. The highest BCUT2D eigenvalue weighted by molar-refractivity contribution is 7.92. The number of alkyl halides is 5. The zero-order valence-electron chi connectivity index (χ0n) is 27.6. The zero-order chi connectivity index (χ0) is 37.6. The minimum atomic E-state index is -5.19. The standard InChI is InChI=1S/C33H34Cl2F5N3O8S/c1-52(45,46)43(9-8-42-10-12-47-13-11-42)26-14-22(5-6-27(26)51-33(38,39)40)31(44)49-29(16-23-24(34)17-41-18-25(23)35)21-4-7-28(50-32(36)37)30(15-21)48-19-20-2-3-20/h4-7,14-15,17-18,20,29,32H,2-3,8-13,16,19H2,1H3/p+1/t29-/m0/s1. The summed E-state index contributed by atoms with van der Waals surface area (Å²) in [6, 6.07) is 6.72. The summed E-state index contributed by atoms with van der Waals surface area (Å²) in [5.74, 6) is -1.98. The first-order valence-electron chi connectivity index (χ1n) is 16.0. The van der Waals surface area contributed by atoms with Gasteiger partial charge >= 0.3 is 18.9 Å². The summed E-state index contributed by atoms with van der Waals surface area (Å²) in [5.41, 5.74) is -0.278. The molecule has 5 rings (SSSR count). The van der Waals surface area contributed by atoms with Crippen LogP contribution < -0.4 is 23.5 Å². The lowest BCUT2D eigenvalue weighted by Gasteiger charge is -2.31. The predicted molar refractivity (Wildman–Crippen MR) is 179 cm³/mol. The number of carbonyl (C=O) groups excluding carboxylic acids is 1. The third-order valence-corrected chi connectivity index (χ3v) is 10.0. The molecule has 1 saturated carbocycles. The van der Waals surface area contributed by atoms with Gasteiger partial charge in [-0.2, -0.15) is 8.78 Å². The van der Waals surface area contributed by atoms with Crippen molar-refractivity contribution in [2.24, 2.45) is 5.92 Å². The van der Waals surface area contributed by atoms with Crippen molar-refractivity contribution in [2.45, 2.75) is 38.3 Å². The fourth-order valence-corrected chi connectivity index (χ4v) is 6.82. The van der Waals surface area contributed by atoms with Crippen molar-refractivity contribution in [2.75, 3.05) is 56.6 Å². The van der Waals surface area contributed by atoms with E-state index >= 15 is 0 Å². The average molecular weight is 800 g/mol. The highest BCUT2D eigenvalue weighted by Gasteiger charge is 2.35.